The molecule has 0 spiro atoms. The molecule has 0 amide bonds. The maximum atomic E-state index is 10.8. The van der Waals surface area contributed by atoms with Crippen LogP contribution < -0.4 is 18.9 Å². The van der Waals surface area contributed by atoms with Gasteiger partial charge in [-0.3, -0.25) is 0 Å². The molecule has 7 nitrogen and oxygen atoms in total. The fourth-order valence-corrected chi connectivity index (χ4v) is 5.47. The zero-order chi connectivity index (χ0) is 27.5. The van der Waals surface area contributed by atoms with Crippen LogP contribution in [0.3, 0.4) is 0 Å². The Labute approximate surface area is 235 Å². The first-order valence-corrected chi connectivity index (χ1v) is 13.5. The van der Waals surface area contributed by atoms with Crippen LogP contribution in [0.1, 0.15) is 10.6 Å². The Morgan fingerprint density at radius 2 is 1.57 bits per heavy atom. The molecule has 5 aromatic rings. The molecule has 8 heteroatoms. The molecule has 0 saturated carbocycles. The lowest BCUT2D eigenvalue weighted by atomic mass is 10.0. The van der Waals surface area contributed by atoms with Crippen molar-refractivity contribution >= 4 is 17.3 Å². The number of aliphatic carboxylic acids is 1. The summed E-state index contributed by atoms with van der Waals surface area (Å²) in [4.78, 5) is 16.8. The van der Waals surface area contributed by atoms with Crippen LogP contribution in [0.15, 0.2) is 91.0 Å². The molecule has 40 heavy (non-hydrogen) atoms. The number of fused-ring (bicyclic) bond motifs is 1. The van der Waals surface area contributed by atoms with Crippen molar-refractivity contribution in [3.63, 3.8) is 0 Å². The summed E-state index contributed by atoms with van der Waals surface area (Å²) in [5, 5.41) is 9.68. The monoisotopic (exact) mass is 551 g/mol. The van der Waals surface area contributed by atoms with Crippen molar-refractivity contribution in [3.8, 4) is 55.8 Å². The average Bonchev–Trinajstić information content (AvgIpc) is 3.63. The van der Waals surface area contributed by atoms with Gasteiger partial charge < -0.3 is 24.1 Å². The van der Waals surface area contributed by atoms with Crippen LogP contribution in [0.4, 0.5) is 0 Å². The van der Waals surface area contributed by atoms with E-state index in [0.717, 1.165) is 49.1 Å². The number of thiazole rings is 1. The number of aromatic nitrogens is 1. The number of nitrogens with zero attached hydrogens (tertiary/aromatic N) is 1. The molecular formula is C32H25NO6S. The Hall–Kier alpha value is -4.82. The second-order valence-electron chi connectivity index (χ2n) is 9.20. The number of ether oxygens (including phenoxy) is 4. The highest BCUT2D eigenvalue weighted by molar-refractivity contribution is 7.15. The number of carboxylic acid groups (broad SMARTS) is 1. The fraction of sp³-hybridized carbons (Fsp3) is 0.125. The van der Waals surface area contributed by atoms with Gasteiger partial charge in [-0.1, -0.05) is 54.6 Å². The summed E-state index contributed by atoms with van der Waals surface area (Å²) in [6.07, 6.45) is 0. The number of hydrogen-bond acceptors (Lipinski definition) is 7. The summed E-state index contributed by atoms with van der Waals surface area (Å²) in [6.45, 7) is 1.95. The van der Waals surface area contributed by atoms with E-state index < -0.39 is 12.6 Å². The van der Waals surface area contributed by atoms with E-state index in [1.54, 1.807) is 23.5 Å². The van der Waals surface area contributed by atoms with E-state index in [-0.39, 0.29) is 13.4 Å². The Balaban J connectivity index is 1.28. The minimum Gasteiger partial charge on any atom is -0.486 e. The van der Waals surface area contributed by atoms with Crippen molar-refractivity contribution in [2.45, 2.75) is 13.5 Å². The smallest absolute Gasteiger partial charge is 0.341 e. The molecular weight excluding hydrogens is 526 g/mol. The van der Waals surface area contributed by atoms with Crippen LogP contribution >= 0.6 is 11.3 Å². The lowest BCUT2D eigenvalue weighted by molar-refractivity contribution is -0.139. The molecule has 0 unspecified atom stereocenters. The Morgan fingerprint density at radius 3 is 2.35 bits per heavy atom. The molecule has 6 rings (SSSR count). The number of benzene rings is 4. The van der Waals surface area contributed by atoms with E-state index in [2.05, 4.69) is 36.4 Å². The molecule has 2 heterocycles. The quantitative estimate of drug-likeness (QED) is 0.207. The molecule has 0 radical (unpaired) electrons. The minimum atomic E-state index is -1.02. The van der Waals surface area contributed by atoms with Crippen molar-refractivity contribution in [1.82, 2.24) is 4.98 Å². The summed E-state index contributed by atoms with van der Waals surface area (Å²) >= 11 is 1.58. The Morgan fingerprint density at radius 1 is 0.850 bits per heavy atom. The van der Waals surface area contributed by atoms with E-state index in [1.807, 2.05) is 49.4 Å². The molecule has 200 valence electrons. The van der Waals surface area contributed by atoms with Crippen molar-refractivity contribution in [2.75, 3.05) is 13.4 Å². The number of aryl methyl sites for hydroxylation is 1. The second-order valence-corrected chi connectivity index (χ2v) is 10.3. The normalized spacial score (nSPS) is 11.8. The van der Waals surface area contributed by atoms with Gasteiger partial charge in [0.2, 0.25) is 6.79 Å². The first-order valence-electron chi connectivity index (χ1n) is 12.7. The standard InChI is InChI=1S/C32H25NO6S/c1-20-15-25(12-14-26(20)37-18-30(34)35)36-17-29-33-31(24-11-13-27-28(16-24)39-19-38-27)32(40-29)23-9-7-22(8-10-23)21-5-3-2-4-6-21/h2-16H,17-19H2,1H3,(H,34,35). The maximum absolute atomic E-state index is 10.8. The molecule has 1 aliphatic rings. The topological polar surface area (TPSA) is 87.1 Å². The number of rotatable bonds is 9. The van der Waals surface area contributed by atoms with Gasteiger partial charge in [-0.25, -0.2) is 9.78 Å². The predicted octanol–water partition coefficient (Wildman–Crippen LogP) is 7.22. The molecule has 0 bridgehead atoms. The van der Waals surface area contributed by atoms with Gasteiger partial charge in [0.15, 0.2) is 18.1 Å². The van der Waals surface area contributed by atoms with Crippen molar-refractivity contribution in [2.24, 2.45) is 0 Å². The fourth-order valence-electron chi connectivity index (χ4n) is 4.46. The van der Waals surface area contributed by atoms with Gasteiger partial charge in [0.25, 0.3) is 0 Å². The van der Waals surface area contributed by atoms with E-state index in [1.165, 1.54) is 0 Å². The van der Waals surface area contributed by atoms with Crippen LogP contribution in [0.5, 0.6) is 23.0 Å². The van der Waals surface area contributed by atoms with Crippen molar-refractivity contribution < 1.29 is 28.8 Å². The summed E-state index contributed by atoms with van der Waals surface area (Å²) in [5.74, 6) is 1.56. The van der Waals surface area contributed by atoms with Crippen LogP contribution in [0, 0.1) is 6.92 Å². The highest BCUT2D eigenvalue weighted by Gasteiger charge is 2.20. The van der Waals surface area contributed by atoms with Gasteiger partial charge in [-0.15, -0.1) is 11.3 Å². The van der Waals surface area contributed by atoms with E-state index in [4.69, 9.17) is 29.0 Å². The number of carbonyl (C=O) groups is 1. The summed E-state index contributed by atoms with van der Waals surface area (Å²) in [6, 6.07) is 29.9. The second kappa shape index (κ2) is 11.1. The third-order valence-corrected chi connectivity index (χ3v) is 7.51. The maximum Gasteiger partial charge on any atom is 0.341 e. The highest BCUT2D eigenvalue weighted by atomic mass is 32.1. The SMILES string of the molecule is Cc1cc(OCc2nc(-c3ccc4c(c3)OCO4)c(-c3ccc(-c4ccccc4)cc3)s2)ccc1OCC(=O)O. The van der Waals surface area contributed by atoms with Crippen LogP contribution in [-0.4, -0.2) is 29.5 Å². The molecule has 0 saturated heterocycles. The van der Waals surface area contributed by atoms with Crippen LogP contribution in [0.2, 0.25) is 0 Å². The number of hydrogen-bond donors (Lipinski definition) is 1. The van der Waals surface area contributed by atoms with E-state index in [9.17, 15) is 4.79 Å². The average molecular weight is 552 g/mol. The van der Waals surface area contributed by atoms with Gasteiger partial charge in [-0.05, 0) is 65.6 Å². The third kappa shape index (κ3) is 5.48. The lowest BCUT2D eigenvalue weighted by Gasteiger charge is -2.09. The predicted molar refractivity (Wildman–Crippen MR) is 153 cm³/mol. The van der Waals surface area contributed by atoms with Gasteiger partial charge in [0.05, 0.1) is 10.6 Å². The van der Waals surface area contributed by atoms with Gasteiger partial charge in [0.1, 0.15) is 23.1 Å². The van der Waals surface area contributed by atoms with Gasteiger partial charge in [-0.2, -0.15) is 0 Å². The Kier molecular flexibility index (Phi) is 7.08. The lowest BCUT2D eigenvalue weighted by Crippen LogP contribution is -2.10. The largest absolute Gasteiger partial charge is 0.486 e. The summed E-state index contributed by atoms with van der Waals surface area (Å²) in [5.41, 5.74) is 5.95. The molecule has 0 aliphatic carbocycles. The summed E-state index contributed by atoms with van der Waals surface area (Å²) in [7, 11) is 0. The molecule has 0 atom stereocenters. The Bertz CT molecular complexity index is 1660. The van der Waals surface area contributed by atoms with Gasteiger partial charge >= 0.3 is 5.97 Å². The minimum absolute atomic E-state index is 0.211. The zero-order valence-corrected chi connectivity index (χ0v) is 22.4. The zero-order valence-electron chi connectivity index (χ0n) is 21.6. The molecule has 1 aliphatic heterocycles. The highest BCUT2D eigenvalue weighted by Crippen LogP contribution is 2.42. The molecule has 0 fully saturated rings. The number of carboxylic acids is 1. The van der Waals surface area contributed by atoms with Crippen LogP contribution in [0.25, 0.3) is 32.8 Å². The first-order chi connectivity index (χ1) is 19.5. The van der Waals surface area contributed by atoms with E-state index >= 15 is 0 Å². The molecule has 4 aromatic carbocycles. The summed E-state index contributed by atoms with van der Waals surface area (Å²) < 4.78 is 22.5. The molecule has 1 N–H and O–H groups in total. The third-order valence-electron chi connectivity index (χ3n) is 6.43. The molecule has 1 aromatic heterocycles. The first kappa shape index (κ1) is 25.5. The van der Waals surface area contributed by atoms with Crippen molar-refractivity contribution in [1.29, 1.82) is 0 Å². The van der Waals surface area contributed by atoms with Crippen molar-refractivity contribution in [3.05, 3.63) is 102 Å². The van der Waals surface area contributed by atoms with Crippen LogP contribution in [-0.2, 0) is 11.4 Å². The van der Waals surface area contributed by atoms with E-state index in [0.29, 0.717) is 17.2 Å². The van der Waals surface area contributed by atoms with Gasteiger partial charge in [0, 0.05) is 5.56 Å².